The summed E-state index contributed by atoms with van der Waals surface area (Å²) in [6.45, 7) is 2.73. The summed E-state index contributed by atoms with van der Waals surface area (Å²) in [6.07, 6.45) is 7.98. The van der Waals surface area contributed by atoms with Crippen LogP contribution in [0.25, 0.3) is 0 Å². The Morgan fingerprint density at radius 3 is 2.73 bits per heavy atom. The summed E-state index contributed by atoms with van der Waals surface area (Å²) < 4.78 is 44.0. The second-order valence-electron chi connectivity index (χ2n) is 8.60. The van der Waals surface area contributed by atoms with Gasteiger partial charge in [-0.15, -0.1) is 0 Å². The molecule has 2 saturated heterocycles. The van der Waals surface area contributed by atoms with Crippen molar-refractivity contribution in [1.82, 2.24) is 9.88 Å². The number of allylic oxidation sites excluding steroid dienone is 1. The largest absolute Gasteiger partial charge is 0.490 e. The first-order valence-corrected chi connectivity index (χ1v) is 11.1. The predicted octanol–water partition coefficient (Wildman–Crippen LogP) is 3.88. The van der Waals surface area contributed by atoms with Crippen molar-refractivity contribution in [3.63, 3.8) is 0 Å². The van der Waals surface area contributed by atoms with E-state index < -0.39 is 12.1 Å². The number of carboxylic acid groups (broad SMARTS) is 1. The monoisotopic (exact) mass is 470 g/mol. The van der Waals surface area contributed by atoms with Gasteiger partial charge in [0.05, 0.1) is 31.5 Å². The molecule has 1 aromatic rings. The zero-order chi connectivity index (χ0) is 23.9. The first kappa shape index (κ1) is 25.2. The number of pyridine rings is 1. The molecule has 1 aliphatic carbocycles. The van der Waals surface area contributed by atoms with E-state index >= 15 is 0 Å². The summed E-state index contributed by atoms with van der Waals surface area (Å²) in [4.78, 5) is 27.9. The van der Waals surface area contributed by atoms with Crippen LogP contribution in [-0.4, -0.2) is 64.4 Å². The normalized spacial score (nSPS) is 25.2. The Balaban J connectivity index is 0.000000383. The summed E-state index contributed by atoms with van der Waals surface area (Å²) in [5.41, 5.74) is 1.87. The van der Waals surface area contributed by atoms with Gasteiger partial charge in [-0.2, -0.15) is 13.2 Å². The Morgan fingerprint density at radius 2 is 2.09 bits per heavy atom. The zero-order valence-electron chi connectivity index (χ0n) is 18.4. The van der Waals surface area contributed by atoms with Gasteiger partial charge in [0.15, 0.2) is 0 Å². The molecule has 3 aliphatic rings. The number of piperidine rings is 1. The molecule has 4 rings (SSSR count). The molecule has 182 valence electrons. The highest BCUT2D eigenvalue weighted by Crippen LogP contribution is 2.37. The number of hydrogen-bond acceptors (Lipinski definition) is 5. The molecule has 3 heterocycles. The average molecular weight is 470 g/mol. The van der Waals surface area contributed by atoms with Gasteiger partial charge in [-0.05, 0) is 50.2 Å². The van der Waals surface area contributed by atoms with Gasteiger partial charge in [0.2, 0.25) is 5.91 Å². The van der Waals surface area contributed by atoms with E-state index in [2.05, 4.69) is 11.1 Å². The molecular weight excluding hydrogens is 441 g/mol. The molecule has 0 aromatic carbocycles. The number of alkyl halides is 3. The van der Waals surface area contributed by atoms with E-state index in [1.165, 1.54) is 6.42 Å². The molecule has 2 atom stereocenters. The summed E-state index contributed by atoms with van der Waals surface area (Å²) in [5, 5.41) is 7.12. The summed E-state index contributed by atoms with van der Waals surface area (Å²) in [6, 6.07) is 3.95. The maximum absolute atomic E-state index is 12.8. The Labute approximate surface area is 190 Å². The van der Waals surface area contributed by atoms with Crippen molar-refractivity contribution in [2.24, 2.45) is 0 Å². The lowest BCUT2D eigenvalue weighted by Crippen LogP contribution is -2.50. The maximum Gasteiger partial charge on any atom is 0.490 e. The molecule has 0 saturated carbocycles. The van der Waals surface area contributed by atoms with Crippen LogP contribution in [0, 0.1) is 0 Å². The fourth-order valence-corrected chi connectivity index (χ4v) is 4.40. The first-order chi connectivity index (χ1) is 15.7. The molecule has 1 amide bonds. The van der Waals surface area contributed by atoms with Gasteiger partial charge in [-0.3, -0.25) is 9.78 Å². The summed E-state index contributed by atoms with van der Waals surface area (Å²) in [7, 11) is 0. The van der Waals surface area contributed by atoms with Crippen LogP contribution >= 0.6 is 0 Å². The molecule has 1 spiro atoms. The molecular formula is C23H29F3N2O5. The highest BCUT2D eigenvalue weighted by atomic mass is 19.4. The van der Waals surface area contributed by atoms with Crippen molar-refractivity contribution in [3.05, 3.63) is 41.7 Å². The zero-order valence-corrected chi connectivity index (χ0v) is 18.4. The Hall–Kier alpha value is -2.46. The van der Waals surface area contributed by atoms with Gasteiger partial charge >= 0.3 is 12.1 Å². The van der Waals surface area contributed by atoms with Gasteiger partial charge in [0.1, 0.15) is 0 Å². The number of carboxylic acids is 1. The van der Waals surface area contributed by atoms with Gasteiger partial charge in [-0.1, -0.05) is 12.1 Å². The molecule has 33 heavy (non-hydrogen) atoms. The lowest BCUT2D eigenvalue weighted by Gasteiger charge is -2.40. The van der Waals surface area contributed by atoms with Crippen molar-refractivity contribution in [3.8, 4) is 0 Å². The third-order valence-corrected chi connectivity index (χ3v) is 6.02. The van der Waals surface area contributed by atoms with Crippen molar-refractivity contribution >= 4 is 11.9 Å². The quantitative estimate of drug-likeness (QED) is 0.719. The number of nitrogens with zero attached hydrogens (tertiary/aromatic N) is 2. The Bertz CT molecular complexity index is 846. The second kappa shape index (κ2) is 11.1. The van der Waals surface area contributed by atoms with Crippen LogP contribution in [0.1, 0.15) is 50.5 Å². The van der Waals surface area contributed by atoms with E-state index in [4.69, 9.17) is 19.4 Å². The number of likely N-dealkylation sites (tertiary alicyclic amines) is 1. The van der Waals surface area contributed by atoms with E-state index in [1.807, 2.05) is 23.2 Å². The van der Waals surface area contributed by atoms with Crippen LogP contribution in [0.15, 0.2) is 36.2 Å². The number of ether oxygens (including phenoxy) is 2. The number of hydrogen-bond donors (Lipinski definition) is 1. The van der Waals surface area contributed by atoms with Crippen LogP contribution < -0.4 is 0 Å². The predicted molar refractivity (Wildman–Crippen MR) is 112 cm³/mol. The van der Waals surface area contributed by atoms with Gasteiger partial charge in [0.25, 0.3) is 0 Å². The topological polar surface area (TPSA) is 89.0 Å². The molecule has 1 aromatic heterocycles. The maximum atomic E-state index is 12.8. The second-order valence-corrected chi connectivity index (χ2v) is 8.60. The highest BCUT2D eigenvalue weighted by Gasteiger charge is 2.45. The molecule has 1 N–H and O–H groups in total. The van der Waals surface area contributed by atoms with E-state index in [9.17, 15) is 18.0 Å². The van der Waals surface area contributed by atoms with Crippen LogP contribution in [0.2, 0.25) is 0 Å². The van der Waals surface area contributed by atoms with Crippen LogP contribution in [-0.2, 0) is 25.7 Å². The van der Waals surface area contributed by atoms with Gasteiger partial charge in [-0.25, -0.2) is 4.79 Å². The van der Waals surface area contributed by atoms with Gasteiger partial charge < -0.3 is 19.5 Å². The molecule has 0 radical (unpaired) electrons. The third-order valence-electron chi connectivity index (χ3n) is 6.02. The molecule has 10 heteroatoms. The van der Waals surface area contributed by atoms with E-state index in [0.29, 0.717) is 19.8 Å². The summed E-state index contributed by atoms with van der Waals surface area (Å²) in [5.74, 6) is -2.53. The molecule has 0 bridgehead atoms. The lowest BCUT2D eigenvalue weighted by atomic mass is 9.88. The van der Waals surface area contributed by atoms with Crippen LogP contribution in [0.5, 0.6) is 0 Å². The molecule has 2 fully saturated rings. The fourth-order valence-electron chi connectivity index (χ4n) is 4.40. The number of carbonyl (C=O) groups excluding carboxylic acids is 1. The standard InChI is InChI=1S/C21H28N2O3.C2HF3O2/c24-20(18-7-2-1-3-8-18)23-11-5-9-21(16-23)12-19(15-26-21)25-14-17-6-4-10-22-13-17;3-2(4,5)1(6)7/h4,6-7,10,13,19H,1-3,5,8-9,11-12,14-16H2;(H,6,7)/t19-,21-;/m0./s1. The third kappa shape index (κ3) is 7.26. The minimum atomic E-state index is -5.08. The van der Waals surface area contributed by atoms with Crippen molar-refractivity contribution in [2.45, 2.75) is 69.4 Å². The van der Waals surface area contributed by atoms with Crippen molar-refractivity contribution < 1.29 is 37.3 Å². The van der Waals surface area contributed by atoms with Crippen LogP contribution in [0.4, 0.5) is 13.2 Å². The average Bonchev–Trinajstić information content (AvgIpc) is 3.20. The number of carbonyl (C=O) groups is 2. The molecule has 0 unspecified atom stereocenters. The van der Waals surface area contributed by atoms with E-state index in [-0.39, 0.29) is 17.6 Å². The molecule has 2 aliphatic heterocycles. The number of aliphatic carboxylic acids is 1. The molecule has 7 nitrogen and oxygen atoms in total. The Kier molecular flexibility index (Phi) is 8.47. The summed E-state index contributed by atoms with van der Waals surface area (Å²) >= 11 is 0. The SMILES string of the molecule is O=C(C1=CCCCC1)N1CCC[C@]2(C[C@H](OCc3cccnc3)CO2)C1.O=C(O)C(F)(F)F. The lowest BCUT2D eigenvalue weighted by molar-refractivity contribution is -0.192. The van der Waals surface area contributed by atoms with Crippen molar-refractivity contribution in [1.29, 1.82) is 0 Å². The number of amides is 1. The minimum Gasteiger partial charge on any atom is -0.475 e. The van der Waals surface area contributed by atoms with Gasteiger partial charge in [0, 0.05) is 30.9 Å². The highest BCUT2D eigenvalue weighted by molar-refractivity contribution is 5.93. The van der Waals surface area contributed by atoms with E-state index in [1.54, 1.807) is 6.20 Å². The smallest absolute Gasteiger partial charge is 0.475 e. The van der Waals surface area contributed by atoms with Crippen LogP contribution in [0.3, 0.4) is 0 Å². The number of rotatable bonds is 4. The number of aromatic nitrogens is 1. The number of halogens is 3. The first-order valence-electron chi connectivity index (χ1n) is 11.1. The van der Waals surface area contributed by atoms with E-state index in [0.717, 1.165) is 56.2 Å². The minimum absolute atomic E-state index is 0.0964. The van der Waals surface area contributed by atoms with Crippen molar-refractivity contribution in [2.75, 3.05) is 19.7 Å². The fraction of sp³-hybridized carbons (Fsp3) is 0.609. The Morgan fingerprint density at radius 1 is 1.30 bits per heavy atom.